The molecule has 0 fully saturated rings. The predicted molar refractivity (Wildman–Crippen MR) is 60.2 cm³/mol. The van der Waals surface area contributed by atoms with Crippen molar-refractivity contribution in [2.75, 3.05) is 0 Å². The molecule has 0 unspecified atom stereocenters. The third-order valence-electron chi connectivity index (χ3n) is 2.62. The van der Waals surface area contributed by atoms with E-state index in [2.05, 4.69) is 26.0 Å². The van der Waals surface area contributed by atoms with Crippen LogP contribution in [0.5, 0.6) is 0 Å². The highest BCUT2D eigenvalue weighted by molar-refractivity contribution is 5.75. The van der Waals surface area contributed by atoms with Crippen molar-refractivity contribution >= 4 is 6.29 Å². The molecule has 0 aromatic heterocycles. The molecule has 1 aliphatic carbocycles. The van der Waals surface area contributed by atoms with Crippen LogP contribution in [0, 0.1) is 5.92 Å². The Morgan fingerprint density at radius 1 is 1.21 bits per heavy atom. The fourth-order valence-corrected chi connectivity index (χ4v) is 1.76. The number of aldehydes is 1. The number of carbonyl (C=O) groups excluding carboxylic acids is 1. The highest BCUT2D eigenvalue weighted by atomic mass is 16.1. The molecule has 1 rings (SSSR count). The molecular weight excluding hydrogens is 172 g/mol. The van der Waals surface area contributed by atoms with Gasteiger partial charge in [0.2, 0.25) is 0 Å². The summed E-state index contributed by atoms with van der Waals surface area (Å²) in [6, 6.07) is 0. The van der Waals surface area contributed by atoms with E-state index in [1.165, 1.54) is 18.4 Å². The topological polar surface area (TPSA) is 17.1 Å². The van der Waals surface area contributed by atoms with Crippen molar-refractivity contribution in [3.63, 3.8) is 0 Å². The Hall–Kier alpha value is -0.850. The fourth-order valence-electron chi connectivity index (χ4n) is 1.76. The number of hydrogen-bond acceptors (Lipinski definition) is 1. The molecule has 0 aliphatic heterocycles. The molecule has 0 saturated carbocycles. The molecule has 0 heterocycles. The lowest BCUT2D eigenvalue weighted by Crippen LogP contribution is -1.99. The lowest BCUT2D eigenvalue weighted by molar-refractivity contribution is -0.105. The van der Waals surface area contributed by atoms with Crippen molar-refractivity contribution in [2.24, 2.45) is 5.92 Å². The van der Waals surface area contributed by atoms with E-state index in [4.69, 9.17) is 0 Å². The van der Waals surface area contributed by atoms with Crippen LogP contribution in [0.4, 0.5) is 0 Å². The summed E-state index contributed by atoms with van der Waals surface area (Å²) in [6.45, 7) is 4.42. The van der Waals surface area contributed by atoms with Crippen molar-refractivity contribution in [1.29, 1.82) is 0 Å². The number of carbonyl (C=O) groups is 1. The van der Waals surface area contributed by atoms with E-state index < -0.39 is 0 Å². The normalized spacial score (nSPS) is 18.2. The second kappa shape index (κ2) is 5.79. The number of hydrogen-bond donors (Lipinski definition) is 0. The van der Waals surface area contributed by atoms with Gasteiger partial charge in [0, 0.05) is 0 Å². The maximum absolute atomic E-state index is 10.8. The standard InChI is InChI=1S/C13H20O/c1-11(2)6-5-9-12-7-3-4-8-13(12)10-14/h5,9-11H,3-4,6-8H2,1-2H3/b9-5+. The summed E-state index contributed by atoms with van der Waals surface area (Å²) >= 11 is 0. The van der Waals surface area contributed by atoms with Gasteiger partial charge in [-0.2, -0.15) is 0 Å². The van der Waals surface area contributed by atoms with Crippen molar-refractivity contribution in [3.05, 3.63) is 23.3 Å². The lowest BCUT2D eigenvalue weighted by Gasteiger charge is -2.13. The lowest BCUT2D eigenvalue weighted by atomic mass is 9.92. The third-order valence-corrected chi connectivity index (χ3v) is 2.62. The molecular formula is C13H20O. The first-order chi connectivity index (χ1) is 6.74. The highest BCUT2D eigenvalue weighted by Gasteiger charge is 2.08. The van der Waals surface area contributed by atoms with Crippen LogP contribution in [0.15, 0.2) is 23.3 Å². The molecule has 14 heavy (non-hydrogen) atoms. The molecule has 1 heteroatoms. The summed E-state index contributed by atoms with van der Waals surface area (Å²) in [5.41, 5.74) is 2.29. The van der Waals surface area contributed by atoms with E-state index in [1.807, 2.05) is 0 Å². The molecule has 0 bridgehead atoms. The Bertz CT molecular complexity index is 246. The van der Waals surface area contributed by atoms with E-state index in [9.17, 15) is 4.79 Å². The average molecular weight is 192 g/mol. The van der Waals surface area contributed by atoms with Crippen LogP contribution < -0.4 is 0 Å². The first-order valence-electron chi connectivity index (χ1n) is 5.57. The fraction of sp³-hybridized carbons (Fsp3) is 0.615. The minimum atomic E-state index is 0.704. The van der Waals surface area contributed by atoms with Crippen LogP contribution in [0.2, 0.25) is 0 Å². The Balaban J connectivity index is 2.59. The van der Waals surface area contributed by atoms with Crippen molar-refractivity contribution in [3.8, 4) is 0 Å². The molecule has 0 atom stereocenters. The molecule has 0 amide bonds. The maximum atomic E-state index is 10.8. The molecule has 1 aliphatic rings. The monoisotopic (exact) mass is 192 g/mol. The molecule has 0 aromatic carbocycles. The van der Waals surface area contributed by atoms with E-state index in [0.29, 0.717) is 5.92 Å². The molecule has 0 aromatic rings. The zero-order valence-corrected chi connectivity index (χ0v) is 9.25. The zero-order chi connectivity index (χ0) is 10.4. The van der Waals surface area contributed by atoms with Crippen LogP contribution in [-0.2, 0) is 4.79 Å². The predicted octanol–water partition coefficient (Wildman–Crippen LogP) is 3.66. The van der Waals surface area contributed by atoms with Gasteiger partial charge in [0.1, 0.15) is 6.29 Å². The Kier molecular flexibility index (Phi) is 4.64. The molecule has 0 N–H and O–H groups in total. The zero-order valence-electron chi connectivity index (χ0n) is 9.25. The summed E-state index contributed by atoms with van der Waals surface area (Å²) < 4.78 is 0. The summed E-state index contributed by atoms with van der Waals surface area (Å²) in [5.74, 6) is 0.704. The van der Waals surface area contributed by atoms with Crippen molar-refractivity contribution in [1.82, 2.24) is 0 Å². The SMILES string of the molecule is CC(C)C/C=C/C1=C(C=O)CCCC1. The van der Waals surface area contributed by atoms with Crippen molar-refractivity contribution in [2.45, 2.75) is 46.0 Å². The van der Waals surface area contributed by atoms with Crippen LogP contribution >= 0.6 is 0 Å². The van der Waals surface area contributed by atoms with Gasteiger partial charge < -0.3 is 0 Å². The van der Waals surface area contributed by atoms with Gasteiger partial charge in [-0.25, -0.2) is 0 Å². The van der Waals surface area contributed by atoms with E-state index in [0.717, 1.165) is 31.1 Å². The number of rotatable bonds is 4. The van der Waals surface area contributed by atoms with Gasteiger partial charge in [0.25, 0.3) is 0 Å². The number of allylic oxidation sites excluding steroid dienone is 4. The van der Waals surface area contributed by atoms with Crippen molar-refractivity contribution < 1.29 is 4.79 Å². The first kappa shape index (κ1) is 11.2. The van der Waals surface area contributed by atoms with Crippen LogP contribution in [0.1, 0.15) is 46.0 Å². The highest BCUT2D eigenvalue weighted by Crippen LogP contribution is 2.24. The van der Waals surface area contributed by atoms with E-state index in [-0.39, 0.29) is 0 Å². The first-order valence-corrected chi connectivity index (χ1v) is 5.57. The Morgan fingerprint density at radius 3 is 2.43 bits per heavy atom. The van der Waals surface area contributed by atoms with Gasteiger partial charge in [-0.05, 0) is 49.2 Å². The van der Waals surface area contributed by atoms with Gasteiger partial charge in [0.15, 0.2) is 0 Å². The minimum absolute atomic E-state index is 0.704. The molecule has 78 valence electrons. The molecule has 0 radical (unpaired) electrons. The van der Waals surface area contributed by atoms with Gasteiger partial charge in [-0.1, -0.05) is 26.0 Å². The van der Waals surface area contributed by atoms with Gasteiger partial charge in [0.05, 0.1) is 0 Å². The van der Waals surface area contributed by atoms with Crippen LogP contribution in [0.25, 0.3) is 0 Å². The summed E-state index contributed by atoms with van der Waals surface area (Å²) in [4.78, 5) is 10.8. The third kappa shape index (κ3) is 3.49. The van der Waals surface area contributed by atoms with Crippen LogP contribution in [-0.4, -0.2) is 6.29 Å². The Labute approximate surface area is 86.9 Å². The van der Waals surface area contributed by atoms with E-state index >= 15 is 0 Å². The summed E-state index contributed by atoms with van der Waals surface area (Å²) in [5, 5.41) is 0. The summed E-state index contributed by atoms with van der Waals surface area (Å²) in [6.07, 6.45) is 11.0. The Morgan fingerprint density at radius 2 is 1.86 bits per heavy atom. The van der Waals surface area contributed by atoms with Gasteiger partial charge >= 0.3 is 0 Å². The van der Waals surface area contributed by atoms with Gasteiger partial charge in [-0.15, -0.1) is 0 Å². The summed E-state index contributed by atoms with van der Waals surface area (Å²) in [7, 11) is 0. The minimum Gasteiger partial charge on any atom is -0.298 e. The maximum Gasteiger partial charge on any atom is 0.146 e. The average Bonchev–Trinajstić information content (AvgIpc) is 2.18. The van der Waals surface area contributed by atoms with E-state index in [1.54, 1.807) is 0 Å². The smallest absolute Gasteiger partial charge is 0.146 e. The van der Waals surface area contributed by atoms with Gasteiger partial charge in [-0.3, -0.25) is 4.79 Å². The molecule has 1 nitrogen and oxygen atoms in total. The second-order valence-corrected chi connectivity index (χ2v) is 4.41. The quantitative estimate of drug-likeness (QED) is 0.621. The van der Waals surface area contributed by atoms with Crippen LogP contribution in [0.3, 0.4) is 0 Å². The largest absolute Gasteiger partial charge is 0.298 e. The molecule has 0 spiro atoms. The molecule has 0 saturated heterocycles. The second-order valence-electron chi connectivity index (χ2n) is 4.41.